The van der Waals surface area contributed by atoms with Crippen LogP contribution in [-0.4, -0.2) is 60.2 Å². The molecule has 3 heterocycles. The minimum absolute atomic E-state index is 0.0230. The molecule has 6 nitrogen and oxygen atoms in total. The number of piperazine rings is 1. The maximum absolute atomic E-state index is 14.2. The van der Waals surface area contributed by atoms with Gasteiger partial charge in [-0.1, -0.05) is 66.7 Å². The summed E-state index contributed by atoms with van der Waals surface area (Å²) in [6, 6.07) is 28.1. The van der Waals surface area contributed by atoms with E-state index in [0.717, 1.165) is 49.7 Å². The quantitative estimate of drug-likeness (QED) is 0.552. The van der Waals surface area contributed by atoms with Gasteiger partial charge in [0.1, 0.15) is 0 Å². The monoisotopic (exact) mass is 484 g/mol. The number of nitrogens with zero attached hydrogens (tertiary/aromatic N) is 4. The third kappa shape index (κ3) is 3.84. The molecule has 0 radical (unpaired) electrons. The van der Waals surface area contributed by atoms with Gasteiger partial charge in [-0.3, -0.25) is 29.2 Å². The Bertz CT molecular complexity index is 1230. The lowest BCUT2D eigenvalue weighted by Crippen LogP contribution is -2.54. The molecule has 7 heteroatoms. The van der Waals surface area contributed by atoms with E-state index in [-0.39, 0.29) is 11.8 Å². The number of carbonyl (C=O) groups is 2. The first-order chi connectivity index (χ1) is 17.2. The van der Waals surface area contributed by atoms with Gasteiger partial charge in [-0.05, 0) is 23.8 Å². The van der Waals surface area contributed by atoms with Crippen LogP contribution in [0.2, 0.25) is 0 Å². The van der Waals surface area contributed by atoms with Crippen LogP contribution in [0, 0.1) is 0 Å². The summed E-state index contributed by atoms with van der Waals surface area (Å²) >= 11 is 1.44. The van der Waals surface area contributed by atoms with Crippen molar-refractivity contribution in [3.05, 3.63) is 96.1 Å². The van der Waals surface area contributed by atoms with E-state index in [2.05, 4.69) is 34.1 Å². The minimum atomic E-state index is -1.04. The molecule has 2 amide bonds. The third-order valence-corrected chi connectivity index (χ3v) is 8.52. The summed E-state index contributed by atoms with van der Waals surface area (Å²) in [6.45, 7) is 5.23. The standard InChI is InChI=1S/C28H28N4O2S/c33-26-20-35-28(32(26)23-11-5-2-6-12-23)24-13-7-8-14-25(24)31(27(28)34)21-30-17-15-29(16-18-30)19-22-9-3-1-4-10-22/h1-14H,15-21H2. The van der Waals surface area contributed by atoms with Crippen molar-refractivity contribution in [2.45, 2.75) is 11.4 Å². The van der Waals surface area contributed by atoms with E-state index in [0.29, 0.717) is 12.4 Å². The van der Waals surface area contributed by atoms with Gasteiger partial charge in [0, 0.05) is 44.0 Å². The molecule has 35 heavy (non-hydrogen) atoms. The van der Waals surface area contributed by atoms with Crippen molar-refractivity contribution in [1.29, 1.82) is 0 Å². The van der Waals surface area contributed by atoms with Gasteiger partial charge in [-0.25, -0.2) is 0 Å². The van der Waals surface area contributed by atoms with Crippen molar-refractivity contribution in [3.63, 3.8) is 0 Å². The van der Waals surface area contributed by atoms with Gasteiger partial charge in [-0.2, -0.15) is 0 Å². The molecule has 0 aromatic heterocycles. The number of carbonyl (C=O) groups excluding carboxylic acids is 2. The lowest BCUT2D eigenvalue weighted by molar-refractivity contribution is -0.124. The summed E-state index contributed by atoms with van der Waals surface area (Å²) in [7, 11) is 0. The highest BCUT2D eigenvalue weighted by Gasteiger charge is 2.61. The number of benzene rings is 3. The van der Waals surface area contributed by atoms with Crippen LogP contribution >= 0.6 is 11.8 Å². The zero-order valence-electron chi connectivity index (χ0n) is 19.5. The van der Waals surface area contributed by atoms with Gasteiger partial charge >= 0.3 is 0 Å². The van der Waals surface area contributed by atoms with Gasteiger partial charge in [0.05, 0.1) is 18.1 Å². The van der Waals surface area contributed by atoms with Crippen molar-refractivity contribution in [2.75, 3.05) is 48.4 Å². The van der Waals surface area contributed by atoms with E-state index in [1.807, 2.05) is 65.6 Å². The maximum atomic E-state index is 14.2. The average molecular weight is 485 g/mol. The zero-order valence-corrected chi connectivity index (χ0v) is 20.4. The molecule has 1 spiro atoms. The largest absolute Gasteiger partial charge is 0.297 e. The fraction of sp³-hybridized carbons (Fsp3) is 0.286. The molecule has 3 aliphatic heterocycles. The predicted octanol–water partition coefficient (Wildman–Crippen LogP) is 3.74. The Morgan fingerprint density at radius 2 is 1.37 bits per heavy atom. The summed E-state index contributed by atoms with van der Waals surface area (Å²) in [5, 5.41) is 0. The Hall–Kier alpha value is -3.13. The summed E-state index contributed by atoms with van der Waals surface area (Å²) in [5.41, 5.74) is 3.91. The number of amides is 2. The van der Waals surface area contributed by atoms with Gasteiger partial charge in [-0.15, -0.1) is 11.8 Å². The van der Waals surface area contributed by atoms with Crippen LogP contribution in [-0.2, 0) is 21.0 Å². The first-order valence-electron chi connectivity index (χ1n) is 12.1. The SMILES string of the molecule is O=C1CSC2(C(=O)N(CN3CCN(Cc4ccccc4)CC3)c3ccccc32)N1c1ccccc1. The second-order valence-corrected chi connectivity index (χ2v) is 10.4. The van der Waals surface area contributed by atoms with Crippen LogP contribution in [0.3, 0.4) is 0 Å². The van der Waals surface area contributed by atoms with E-state index >= 15 is 0 Å². The summed E-state index contributed by atoms with van der Waals surface area (Å²) < 4.78 is 0. The molecule has 3 aromatic rings. The Morgan fingerprint density at radius 3 is 2.11 bits per heavy atom. The first-order valence-corrected chi connectivity index (χ1v) is 13.1. The molecule has 0 bridgehead atoms. The Morgan fingerprint density at radius 1 is 0.743 bits per heavy atom. The van der Waals surface area contributed by atoms with E-state index in [1.54, 1.807) is 4.90 Å². The number of fused-ring (bicyclic) bond motifs is 2. The lowest BCUT2D eigenvalue weighted by Gasteiger charge is -2.37. The molecule has 178 valence electrons. The van der Waals surface area contributed by atoms with Crippen LogP contribution in [0.25, 0.3) is 0 Å². The molecule has 0 N–H and O–H groups in total. The second-order valence-electron chi connectivity index (χ2n) is 9.27. The van der Waals surface area contributed by atoms with Crippen molar-refractivity contribution in [3.8, 4) is 0 Å². The van der Waals surface area contributed by atoms with Crippen molar-refractivity contribution in [1.82, 2.24) is 9.80 Å². The van der Waals surface area contributed by atoms with Crippen LogP contribution in [0.5, 0.6) is 0 Å². The van der Waals surface area contributed by atoms with Crippen LogP contribution < -0.4 is 9.80 Å². The number of hydrogen-bond donors (Lipinski definition) is 0. The van der Waals surface area contributed by atoms with E-state index < -0.39 is 4.87 Å². The topological polar surface area (TPSA) is 47.1 Å². The molecule has 1 atom stereocenters. The number of anilines is 2. The number of rotatable bonds is 5. The molecule has 1 unspecified atom stereocenters. The van der Waals surface area contributed by atoms with Gasteiger partial charge in [0.2, 0.25) is 10.8 Å². The lowest BCUT2D eigenvalue weighted by atomic mass is 10.0. The molecule has 3 aromatic carbocycles. The highest BCUT2D eigenvalue weighted by atomic mass is 32.2. The molecule has 6 rings (SSSR count). The molecule has 2 fully saturated rings. The second kappa shape index (κ2) is 9.15. The number of thioether (sulfide) groups is 1. The zero-order chi connectivity index (χ0) is 23.8. The molecule has 3 aliphatic rings. The van der Waals surface area contributed by atoms with Crippen molar-refractivity contribution < 1.29 is 9.59 Å². The molecule has 2 saturated heterocycles. The summed E-state index contributed by atoms with van der Waals surface area (Å²) in [4.78, 5) is 34.7. The average Bonchev–Trinajstić information content (AvgIpc) is 3.37. The van der Waals surface area contributed by atoms with E-state index in [4.69, 9.17) is 0 Å². The Labute approximate surface area is 210 Å². The smallest absolute Gasteiger partial charge is 0.269 e. The fourth-order valence-electron chi connectivity index (χ4n) is 5.40. The van der Waals surface area contributed by atoms with E-state index in [1.165, 1.54) is 17.3 Å². The van der Waals surface area contributed by atoms with Crippen LogP contribution in [0.15, 0.2) is 84.9 Å². The highest BCUT2D eigenvalue weighted by molar-refractivity contribution is 8.02. The van der Waals surface area contributed by atoms with Crippen LogP contribution in [0.4, 0.5) is 11.4 Å². The maximum Gasteiger partial charge on any atom is 0.269 e. The first kappa shape index (κ1) is 22.3. The molecular weight excluding hydrogens is 456 g/mol. The third-order valence-electron chi connectivity index (χ3n) is 7.13. The minimum Gasteiger partial charge on any atom is -0.297 e. The predicted molar refractivity (Wildman–Crippen MR) is 140 cm³/mol. The Kier molecular flexibility index (Phi) is 5.84. The van der Waals surface area contributed by atoms with E-state index in [9.17, 15) is 9.59 Å². The highest BCUT2D eigenvalue weighted by Crippen LogP contribution is 2.55. The normalized spacial score (nSPS) is 22.9. The van der Waals surface area contributed by atoms with Gasteiger partial charge < -0.3 is 0 Å². The molecular formula is C28H28N4O2S. The number of para-hydroxylation sites is 2. The summed E-state index contributed by atoms with van der Waals surface area (Å²) in [6.07, 6.45) is 0. The van der Waals surface area contributed by atoms with Crippen LogP contribution in [0.1, 0.15) is 11.1 Å². The van der Waals surface area contributed by atoms with Gasteiger partial charge in [0.25, 0.3) is 5.91 Å². The molecule has 0 saturated carbocycles. The molecule has 0 aliphatic carbocycles. The fourth-order valence-corrected chi connectivity index (χ4v) is 6.76. The summed E-state index contributed by atoms with van der Waals surface area (Å²) in [5.74, 6) is 0.242. The van der Waals surface area contributed by atoms with Gasteiger partial charge in [0.15, 0.2) is 0 Å². The van der Waals surface area contributed by atoms with Crippen molar-refractivity contribution in [2.24, 2.45) is 0 Å². The number of hydrogen-bond acceptors (Lipinski definition) is 5. The Balaban J connectivity index is 1.23. The van der Waals surface area contributed by atoms with Crippen molar-refractivity contribution >= 4 is 35.0 Å².